The van der Waals surface area contributed by atoms with E-state index < -0.39 is 0 Å². The van der Waals surface area contributed by atoms with Crippen molar-refractivity contribution in [2.45, 2.75) is 32.8 Å². The van der Waals surface area contributed by atoms with Crippen molar-refractivity contribution in [2.75, 3.05) is 26.7 Å². The first kappa shape index (κ1) is 15.3. The first-order chi connectivity index (χ1) is 9.54. The van der Waals surface area contributed by atoms with Gasteiger partial charge in [0.05, 0.1) is 12.7 Å². The smallest absolute Gasteiger partial charge is 0.119 e. The Bertz CT molecular complexity index is 419. The van der Waals surface area contributed by atoms with Crippen LogP contribution in [0.2, 0.25) is 0 Å². The predicted octanol–water partition coefficient (Wildman–Crippen LogP) is 2.58. The summed E-state index contributed by atoms with van der Waals surface area (Å²) in [6.07, 6.45) is 1.63. The first-order valence-corrected chi connectivity index (χ1v) is 7.63. The maximum atomic E-state index is 10.1. The standard InChI is InChI=1S/C17H27NO2/c1-13(2)12-20-16-6-4-5-14(10-16)9-15-11-18(3)8-7-17(15)19/h4-6,10,13,15,17,19H,7-9,11-12H2,1-3H3. The summed E-state index contributed by atoms with van der Waals surface area (Å²) in [7, 11) is 2.13. The number of aliphatic hydroxyl groups excluding tert-OH is 1. The van der Waals surface area contributed by atoms with Crippen LogP contribution in [0.1, 0.15) is 25.8 Å². The summed E-state index contributed by atoms with van der Waals surface area (Å²) in [5.74, 6) is 1.80. The number of rotatable bonds is 5. The lowest BCUT2D eigenvalue weighted by molar-refractivity contribution is 0.0366. The predicted molar refractivity (Wildman–Crippen MR) is 82.1 cm³/mol. The summed E-state index contributed by atoms with van der Waals surface area (Å²) in [4.78, 5) is 2.30. The number of hydrogen-bond acceptors (Lipinski definition) is 3. The largest absolute Gasteiger partial charge is 0.493 e. The number of piperidine rings is 1. The highest BCUT2D eigenvalue weighted by molar-refractivity contribution is 5.29. The van der Waals surface area contributed by atoms with Crippen LogP contribution >= 0.6 is 0 Å². The van der Waals surface area contributed by atoms with Crippen LogP contribution in [0.25, 0.3) is 0 Å². The Balaban J connectivity index is 1.96. The molecular weight excluding hydrogens is 250 g/mol. The zero-order valence-electron chi connectivity index (χ0n) is 12.9. The minimum absolute atomic E-state index is 0.175. The molecular formula is C17H27NO2. The third-order valence-corrected chi connectivity index (χ3v) is 3.88. The van der Waals surface area contributed by atoms with E-state index in [0.29, 0.717) is 11.8 Å². The van der Waals surface area contributed by atoms with E-state index in [4.69, 9.17) is 4.74 Å². The normalized spacial score (nSPS) is 24.1. The second kappa shape index (κ2) is 7.09. The Morgan fingerprint density at radius 3 is 2.95 bits per heavy atom. The fraction of sp³-hybridized carbons (Fsp3) is 0.647. The van der Waals surface area contributed by atoms with Crippen molar-refractivity contribution in [2.24, 2.45) is 11.8 Å². The average Bonchev–Trinajstić information content (AvgIpc) is 2.41. The van der Waals surface area contributed by atoms with Gasteiger partial charge >= 0.3 is 0 Å². The van der Waals surface area contributed by atoms with E-state index in [0.717, 1.165) is 38.3 Å². The molecule has 1 fully saturated rings. The number of nitrogens with zero attached hydrogens (tertiary/aromatic N) is 1. The fourth-order valence-electron chi connectivity index (χ4n) is 2.73. The molecule has 0 amide bonds. The molecule has 1 aromatic carbocycles. The lowest BCUT2D eigenvalue weighted by Gasteiger charge is -2.34. The van der Waals surface area contributed by atoms with Crippen molar-refractivity contribution in [3.8, 4) is 5.75 Å². The molecule has 1 saturated heterocycles. The van der Waals surface area contributed by atoms with Crippen molar-refractivity contribution in [3.63, 3.8) is 0 Å². The van der Waals surface area contributed by atoms with Crippen molar-refractivity contribution in [1.29, 1.82) is 0 Å². The Morgan fingerprint density at radius 2 is 2.20 bits per heavy atom. The van der Waals surface area contributed by atoms with Crippen LogP contribution in [0.15, 0.2) is 24.3 Å². The van der Waals surface area contributed by atoms with Crippen LogP contribution in [0.3, 0.4) is 0 Å². The summed E-state index contributed by atoms with van der Waals surface area (Å²) in [5, 5.41) is 10.1. The molecule has 2 rings (SSSR count). The van der Waals surface area contributed by atoms with Crippen LogP contribution in [0.4, 0.5) is 0 Å². The number of hydrogen-bond donors (Lipinski definition) is 1. The van der Waals surface area contributed by atoms with Gasteiger partial charge in [-0.2, -0.15) is 0 Å². The Labute approximate surface area is 122 Å². The molecule has 0 spiro atoms. The maximum Gasteiger partial charge on any atom is 0.119 e. The number of ether oxygens (including phenoxy) is 1. The molecule has 20 heavy (non-hydrogen) atoms. The van der Waals surface area contributed by atoms with Crippen LogP contribution in [0, 0.1) is 11.8 Å². The van der Waals surface area contributed by atoms with E-state index >= 15 is 0 Å². The molecule has 2 atom stereocenters. The second-order valence-electron chi connectivity index (χ2n) is 6.43. The summed E-state index contributed by atoms with van der Waals surface area (Å²) in [6.45, 7) is 7.02. The molecule has 3 heteroatoms. The Morgan fingerprint density at radius 1 is 1.40 bits per heavy atom. The third-order valence-electron chi connectivity index (χ3n) is 3.88. The number of benzene rings is 1. The van der Waals surface area contributed by atoms with Crippen LogP contribution in [0.5, 0.6) is 5.75 Å². The SMILES string of the molecule is CC(C)COc1cccc(CC2CN(C)CCC2O)c1. The average molecular weight is 277 g/mol. The van der Waals surface area contributed by atoms with E-state index in [2.05, 4.69) is 37.9 Å². The van der Waals surface area contributed by atoms with Crippen molar-refractivity contribution in [1.82, 2.24) is 4.90 Å². The van der Waals surface area contributed by atoms with Crippen molar-refractivity contribution >= 4 is 0 Å². The van der Waals surface area contributed by atoms with Gasteiger partial charge in [0.1, 0.15) is 5.75 Å². The molecule has 0 aromatic heterocycles. The molecule has 1 N–H and O–H groups in total. The van der Waals surface area contributed by atoms with Crippen molar-refractivity contribution in [3.05, 3.63) is 29.8 Å². The van der Waals surface area contributed by atoms with E-state index in [9.17, 15) is 5.11 Å². The Kier molecular flexibility index (Phi) is 5.44. The van der Waals surface area contributed by atoms with Crippen LogP contribution in [-0.4, -0.2) is 42.9 Å². The highest BCUT2D eigenvalue weighted by Gasteiger charge is 2.25. The maximum absolute atomic E-state index is 10.1. The minimum atomic E-state index is -0.175. The van der Waals surface area contributed by atoms with E-state index in [1.54, 1.807) is 0 Å². The molecule has 0 saturated carbocycles. The lowest BCUT2D eigenvalue weighted by Crippen LogP contribution is -2.41. The Hall–Kier alpha value is -1.06. The highest BCUT2D eigenvalue weighted by atomic mass is 16.5. The van der Waals surface area contributed by atoms with Gasteiger partial charge in [0.2, 0.25) is 0 Å². The summed E-state index contributed by atoms with van der Waals surface area (Å²) in [5.41, 5.74) is 1.26. The highest BCUT2D eigenvalue weighted by Crippen LogP contribution is 2.23. The van der Waals surface area contributed by atoms with Crippen LogP contribution in [-0.2, 0) is 6.42 Å². The molecule has 1 aliphatic rings. The molecule has 3 nitrogen and oxygen atoms in total. The molecule has 0 bridgehead atoms. The summed E-state index contributed by atoms with van der Waals surface area (Å²) in [6, 6.07) is 8.30. The zero-order chi connectivity index (χ0) is 14.5. The molecule has 112 valence electrons. The quantitative estimate of drug-likeness (QED) is 0.898. The monoisotopic (exact) mass is 277 g/mol. The van der Waals surface area contributed by atoms with Gasteiger partial charge in [-0.1, -0.05) is 26.0 Å². The second-order valence-corrected chi connectivity index (χ2v) is 6.43. The van der Waals surface area contributed by atoms with Crippen molar-refractivity contribution < 1.29 is 9.84 Å². The fourth-order valence-corrected chi connectivity index (χ4v) is 2.73. The van der Waals surface area contributed by atoms with E-state index in [-0.39, 0.29) is 6.10 Å². The molecule has 1 heterocycles. The summed E-state index contributed by atoms with van der Waals surface area (Å²) < 4.78 is 5.77. The van der Waals surface area contributed by atoms with Gasteiger partial charge in [-0.3, -0.25) is 0 Å². The van der Waals surface area contributed by atoms with Gasteiger partial charge in [0.15, 0.2) is 0 Å². The van der Waals surface area contributed by atoms with Gasteiger partial charge in [0.25, 0.3) is 0 Å². The van der Waals surface area contributed by atoms with Gasteiger partial charge in [-0.25, -0.2) is 0 Å². The number of likely N-dealkylation sites (tertiary alicyclic amines) is 1. The lowest BCUT2D eigenvalue weighted by atomic mass is 9.89. The molecule has 0 radical (unpaired) electrons. The third kappa shape index (κ3) is 4.50. The molecule has 0 aliphatic carbocycles. The van der Waals surface area contributed by atoms with E-state index in [1.165, 1.54) is 5.56 Å². The summed E-state index contributed by atoms with van der Waals surface area (Å²) >= 11 is 0. The molecule has 1 aromatic rings. The van der Waals surface area contributed by atoms with E-state index in [1.807, 2.05) is 12.1 Å². The first-order valence-electron chi connectivity index (χ1n) is 7.63. The molecule has 1 aliphatic heterocycles. The van der Waals surface area contributed by atoms with Gasteiger partial charge < -0.3 is 14.7 Å². The molecule has 2 unspecified atom stereocenters. The van der Waals surface area contributed by atoms with Gasteiger partial charge in [-0.15, -0.1) is 0 Å². The zero-order valence-corrected chi connectivity index (χ0v) is 12.9. The minimum Gasteiger partial charge on any atom is -0.493 e. The topological polar surface area (TPSA) is 32.7 Å². The number of aliphatic hydroxyl groups is 1. The van der Waals surface area contributed by atoms with Crippen LogP contribution < -0.4 is 4.74 Å². The van der Waals surface area contributed by atoms with Gasteiger partial charge in [0, 0.05) is 19.0 Å². The van der Waals surface area contributed by atoms with Gasteiger partial charge in [-0.05, 0) is 43.5 Å².